The van der Waals surface area contributed by atoms with E-state index < -0.39 is 0 Å². The summed E-state index contributed by atoms with van der Waals surface area (Å²) in [6, 6.07) is 19.4. The molecule has 3 aromatic rings. The van der Waals surface area contributed by atoms with E-state index in [-0.39, 0.29) is 5.56 Å². The van der Waals surface area contributed by atoms with Gasteiger partial charge in [0.05, 0.1) is 21.1 Å². The summed E-state index contributed by atoms with van der Waals surface area (Å²) in [5, 5.41) is 3.24. The highest BCUT2D eigenvalue weighted by molar-refractivity contribution is 8.23. The zero-order chi connectivity index (χ0) is 16.9. The van der Waals surface area contributed by atoms with Crippen molar-refractivity contribution in [2.75, 3.05) is 5.75 Å². The zero-order valence-corrected chi connectivity index (χ0v) is 15.0. The minimum absolute atomic E-state index is 0.103. The molecule has 0 aliphatic rings. The molecule has 3 rings (SSSR count). The lowest BCUT2D eigenvalue weighted by molar-refractivity contribution is 0.852. The standard InChI is InChI=1S/C19H18N2OS2/c1-2-13-24-19(23)16-17(14-9-5-3-6-10-14)20-21(18(16)22)15-11-7-4-8-12-15/h3-12,20H,2,13H2,1H3. The van der Waals surface area contributed by atoms with Gasteiger partial charge in [0.2, 0.25) is 0 Å². The van der Waals surface area contributed by atoms with E-state index in [0.717, 1.165) is 29.1 Å². The molecule has 5 heteroatoms. The molecule has 0 bridgehead atoms. The topological polar surface area (TPSA) is 37.8 Å². The second-order valence-electron chi connectivity index (χ2n) is 5.34. The van der Waals surface area contributed by atoms with Gasteiger partial charge in [-0.3, -0.25) is 9.89 Å². The first-order chi connectivity index (χ1) is 11.7. The van der Waals surface area contributed by atoms with E-state index in [2.05, 4.69) is 12.0 Å². The first kappa shape index (κ1) is 16.7. The Bertz CT molecular complexity index is 883. The smallest absolute Gasteiger partial charge is 0.281 e. The van der Waals surface area contributed by atoms with Crippen LogP contribution in [0.2, 0.25) is 0 Å². The highest BCUT2D eigenvalue weighted by Gasteiger charge is 2.20. The molecule has 0 aliphatic heterocycles. The maximum Gasteiger partial charge on any atom is 0.281 e. The van der Waals surface area contributed by atoms with Crippen LogP contribution in [0.5, 0.6) is 0 Å². The van der Waals surface area contributed by atoms with Crippen LogP contribution in [0.25, 0.3) is 16.9 Å². The van der Waals surface area contributed by atoms with Crippen LogP contribution >= 0.6 is 24.0 Å². The SMILES string of the molecule is CCCSC(=S)c1c(-c2ccccc2)[nH]n(-c2ccccc2)c1=O. The Morgan fingerprint density at radius 2 is 1.71 bits per heavy atom. The number of para-hydroxylation sites is 1. The Balaban J connectivity index is 2.16. The van der Waals surface area contributed by atoms with E-state index in [9.17, 15) is 4.79 Å². The summed E-state index contributed by atoms with van der Waals surface area (Å²) in [6.07, 6.45) is 1.02. The number of rotatable bonds is 5. The lowest BCUT2D eigenvalue weighted by atomic mass is 10.1. The molecular weight excluding hydrogens is 336 g/mol. The number of benzene rings is 2. The van der Waals surface area contributed by atoms with E-state index >= 15 is 0 Å². The van der Waals surface area contributed by atoms with Crippen LogP contribution in [0.1, 0.15) is 18.9 Å². The molecule has 122 valence electrons. The van der Waals surface area contributed by atoms with Crippen molar-refractivity contribution in [2.45, 2.75) is 13.3 Å². The number of hydrogen-bond donors (Lipinski definition) is 1. The number of hydrogen-bond acceptors (Lipinski definition) is 3. The summed E-state index contributed by atoms with van der Waals surface area (Å²) in [7, 11) is 0. The van der Waals surface area contributed by atoms with Gasteiger partial charge in [0.1, 0.15) is 0 Å². The van der Waals surface area contributed by atoms with E-state index in [1.54, 1.807) is 16.4 Å². The molecule has 1 heterocycles. The van der Waals surface area contributed by atoms with Crippen molar-refractivity contribution in [3.63, 3.8) is 0 Å². The molecule has 0 amide bonds. The van der Waals surface area contributed by atoms with E-state index in [4.69, 9.17) is 12.2 Å². The Kier molecular flexibility index (Phi) is 5.33. The van der Waals surface area contributed by atoms with Gasteiger partial charge in [0.15, 0.2) is 0 Å². The molecule has 0 spiro atoms. The van der Waals surface area contributed by atoms with Crippen molar-refractivity contribution in [2.24, 2.45) is 0 Å². The predicted molar refractivity (Wildman–Crippen MR) is 106 cm³/mol. The Labute approximate surface area is 150 Å². The highest BCUT2D eigenvalue weighted by atomic mass is 32.2. The third-order valence-electron chi connectivity index (χ3n) is 3.61. The largest absolute Gasteiger partial charge is 0.290 e. The lowest BCUT2D eigenvalue weighted by Crippen LogP contribution is -2.19. The van der Waals surface area contributed by atoms with Crippen LogP contribution in [-0.4, -0.2) is 19.7 Å². The van der Waals surface area contributed by atoms with Gasteiger partial charge in [-0.05, 0) is 24.3 Å². The van der Waals surface area contributed by atoms with Crippen molar-refractivity contribution in [3.8, 4) is 16.9 Å². The molecular formula is C19H18N2OS2. The van der Waals surface area contributed by atoms with Crippen molar-refractivity contribution in [3.05, 3.63) is 76.6 Å². The molecule has 0 radical (unpaired) electrons. The normalized spacial score (nSPS) is 10.7. The fourth-order valence-electron chi connectivity index (χ4n) is 2.47. The molecule has 0 fully saturated rings. The molecule has 0 unspecified atom stereocenters. The molecule has 0 atom stereocenters. The van der Waals surface area contributed by atoms with E-state index in [1.807, 2.05) is 60.7 Å². The zero-order valence-electron chi connectivity index (χ0n) is 13.4. The summed E-state index contributed by atoms with van der Waals surface area (Å²) in [5.74, 6) is 0.906. The predicted octanol–water partition coefficient (Wildman–Crippen LogP) is 4.65. The number of thioether (sulfide) groups is 1. The molecule has 1 N–H and O–H groups in total. The molecule has 0 aliphatic carbocycles. The fourth-order valence-corrected chi connectivity index (χ4v) is 3.63. The number of H-pyrrole nitrogens is 1. The van der Waals surface area contributed by atoms with Gasteiger partial charge in [-0.2, -0.15) is 0 Å². The maximum atomic E-state index is 13.0. The lowest BCUT2D eigenvalue weighted by Gasteiger charge is -2.03. The van der Waals surface area contributed by atoms with Gasteiger partial charge in [0, 0.05) is 5.56 Å². The van der Waals surface area contributed by atoms with Gasteiger partial charge >= 0.3 is 0 Å². The van der Waals surface area contributed by atoms with Gasteiger partial charge in [-0.1, -0.05) is 67.7 Å². The Morgan fingerprint density at radius 3 is 2.33 bits per heavy atom. The third-order valence-corrected chi connectivity index (χ3v) is 5.25. The van der Waals surface area contributed by atoms with Crippen LogP contribution in [0, 0.1) is 0 Å². The van der Waals surface area contributed by atoms with Crippen LogP contribution in [0.3, 0.4) is 0 Å². The molecule has 1 aromatic heterocycles. The quantitative estimate of drug-likeness (QED) is 0.678. The Hall–Kier alpha value is -2.11. The number of aromatic nitrogens is 2. The molecule has 2 aromatic carbocycles. The summed E-state index contributed by atoms with van der Waals surface area (Å²) in [6.45, 7) is 2.10. The summed E-state index contributed by atoms with van der Waals surface area (Å²) in [5.41, 5.74) is 3.01. The second kappa shape index (κ2) is 7.64. The first-order valence-electron chi connectivity index (χ1n) is 7.85. The summed E-state index contributed by atoms with van der Waals surface area (Å²) in [4.78, 5) is 13.0. The highest BCUT2D eigenvalue weighted by Crippen LogP contribution is 2.25. The van der Waals surface area contributed by atoms with Crippen LogP contribution < -0.4 is 5.56 Å². The van der Waals surface area contributed by atoms with Crippen molar-refractivity contribution >= 4 is 28.2 Å². The molecule has 3 nitrogen and oxygen atoms in total. The van der Waals surface area contributed by atoms with Crippen LogP contribution in [0.15, 0.2) is 65.5 Å². The van der Waals surface area contributed by atoms with Crippen LogP contribution in [0.4, 0.5) is 0 Å². The van der Waals surface area contributed by atoms with E-state index in [0.29, 0.717) is 9.76 Å². The van der Waals surface area contributed by atoms with Crippen molar-refractivity contribution < 1.29 is 0 Å². The van der Waals surface area contributed by atoms with Gasteiger partial charge in [-0.25, -0.2) is 4.68 Å². The number of thiocarbonyl (C=S) groups is 1. The average Bonchev–Trinajstić information content (AvgIpc) is 2.98. The molecule has 0 saturated carbocycles. The van der Waals surface area contributed by atoms with Crippen molar-refractivity contribution in [1.29, 1.82) is 0 Å². The average molecular weight is 355 g/mol. The molecule has 0 saturated heterocycles. The molecule has 24 heavy (non-hydrogen) atoms. The summed E-state index contributed by atoms with van der Waals surface area (Å²) < 4.78 is 2.21. The minimum atomic E-state index is -0.103. The third kappa shape index (κ3) is 3.37. The number of nitrogens with one attached hydrogen (secondary N) is 1. The fraction of sp³-hybridized carbons (Fsp3) is 0.158. The maximum absolute atomic E-state index is 13.0. The minimum Gasteiger partial charge on any atom is -0.290 e. The van der Waals surface area contributed by atoms with Crippen molar-refractivity contribution in [1.82, 2.24) is 9.78 Å². The second-order valence-corrected chi connectivity index (χ2v) is 7.11. The van der Waals surface area contributed by atoms with Gasteiger partial charge in [0.25, 0.3) is 5.56 Å². The number of aromatic amines is 1. The number of nitrogens with zero attached hydrogens (tertiary/aromatic N) is 1. The Morgan fingerprint density at radius 1 is 1.08 bits per heavy atom. The first-order valence-corrected chi connectivity index (χ1v) is 9.24. The monoisotopic (exact) mass is 354 g/mol. The van der Waals surface area contributed by atoms with Gasteiger partial charge in [-0.15, -0.1) is 11.8 Å². The van der Waals surface area contributed by atoms with Gasteiger partial charge < -0.3 is 0 Å². The van der Waals surface area contributed by atoms with E-state index in [1.165, 1.54) is 0 Å². The summed E-state index contributed by atoms with van der Waals surface area (Å²) >= 11 is 7.11. The van der Waals surface area contributed by atoms with Crippen LogP contribution in [-0.2, 0) is 0 Å².